The maximum Gasteiger partial charge on any atom is 0.407 e. The van der Waals surface area contributed by atoms with Gasteiger partial charge in [0.05, 0.1) is 6.04 Å². The Labute approximate surface area is 184 Å². The van der Waals surface area contributed by atoms with E-state index in [0.717, 1.165) is 57.9 Å². The van der Waals surface area contributed by atoms with Crippen molar-refractivity contribution in [1.29, 1.82) is 0 Å². The van der Waals surface area contributed by atoms with Crippen LogP contribution in [0.15, 0.2) is 17.6 Å². The number of alkyl carbamates (subject to hydrolysis) is 1. The molecule has 1 aliphatic rings. The summed E-state index contributed by atoms with van der Waals surface area (Å²) in [4.78, 5) is 18.9. The first-order valence-corrected chi connectivity index (χ1v) is 9.72. The molecule has 160 valence electrons. The Morgan fingerprint density at radius 2 is 2.00 bits per heavy atom. The van der Waals surface area contributed by atoms with Gasteiger partial charge in [0, 0.05) is 32.7 Å². The zero-order valence-electron chi connectivity index (χ0n) is 17.3. The molecule has 1 aliphatic heterocycles. The van der Waals surface area contributed by atoms with Crippen LogP contribution in [0, 0.1) is 0 Å². The molecule has 1 atom stereocenters. The van der Waals surface area contributed by atoms with Crippen molar-refractivity contribution in [2.24, 2.45) is 4.99 Å². The number of guanidine groups is 1. The first kappa shape index (κ1) is 24.4. The maximum absolute atomic E-state index is 11.9. The van der Waals surface area contributed by atoms with E-state index >= 15 is 0 Å². The minimum Gasteiger partial charge on any atom is -0.444 e. The molecule has 1 fully saturated rings. The fourth-order valence-corrected chi connectivity index (χ4v) is 2.90. The van der Waals surface area contributed by atoms with E-state index in [9.17, 15) is 4.79 Å². The van der Waals surface area contributed by atoms with Crippen LogP contribution in [0.5, 0.6) is 0 Å². The fraction of sp³-hybridized carbons (Fsp3) is 0.778. The SMILES string of the molecule is CCNC(=NCCCCn1cnnc1)N1CCC(NC(=O)OC(C)(C)C)C1.I. The summed E-state index contributed by atoms with van der Waals surface area (Å²) in [5.41, 5.74) is -0.481. The number of carbonyl (C=O) groups is 1. The summed E-state index contributed by atoms with van der Waals surface area (Å²) in [7, 11) is 0. The van der Waals surface area contributed by atoms with Gasteiger partial charge in [0.1, 0.15) is 18.3 Å². The topological polar surface area (TPSA) is 96.7 Å². The summed E-state index contributed by atoms with van der Waals surface area (Å²) in [5, 5.41) is 13.9. The molecule has 1 saturated heterocycles. The number of nitrogens with zero attached hydrogens (tertiary/aromatic N) is 5. The standard InChI is InChI=1S/C18H33N7O2.HI/c1-5-19-16(20-9-6-7-10-24-13-21-22-14-24)25-11-8-15(12-25)23-17(26)27-18(2,3)4;/h13-15H,5-12H2,1-4H3,(H,19,20)(H,23,26);1H. The van der Waals surface area contributed by atoms with Gasteiger partial charge in [0.15, 0.2) is 5.96 Å². The number of hydrogen-bond acceptors (Lipinski definition) is 5. The zero-order chi connectivity index (χ0) is 19.7. The van der Waals surface area contributed by atoms with E-state index in [-0.39, 0.29) is 36.1 Å². The van der Waals surface area contributed by atoms with Crippen LogP contribution >= 0.6 is 24.0 Å². The molecule has 0 bridgehead atoms. The van der Waals surface area contributed by atoms with Crippen molar-refractivity contribution < 1.29 is 9.53 Å². The molecule has 1 unspecified atom stereocenters. The normalized spacial score (nSPS) is 17.2. The second-order valence-corrected chi connectivity index (χ2v) is 7.72. The predicted octanol–water partition coefficient (Wildman–Crippen LogP) is 2.24. The highest BCUT2D eigenvalue weighted by molar-refractivity contribution is 14.0. The Hall–Kier alpha value is -1.59. The summed E-state index contributed by atoms with van der Waals surface area (Å²) in [6.45, 7) is 11.8. The van der Waals surface area contributed by atoms with Crippen LogP contribution in [0.2, 0.25) is 0 Å². The molecule has 2 rings (SSSR count). The minimum atomic E-state index is -0.481. The molecule has 9 nitrogen and oxygen atoms in total. The molecule has 10 heteroatoms. The molecule has 28 heavy (non-hydrogen) atoms. The molecule has 0 radical (unpaired) electrons. The summed E-state index contributed by atoms with van der Waals surface area (Å²) in [5.74, 6) is 0.912. The molecular weight excluding hydrogens is 473 g/mol. The molecule has 1 aromatic heterocycles. The number of aromatic nitrogens is 3. The lowest BCUT2D eigenvalue weighted by Gasteiger charge is -2.23. The van der Waals surface area contributed by atoms with Gasteiger partial charge in [-0.25, -0.2) is 4.79 Å². The van der Waals surface area contributed by atoms with Crippen molar-refractivity contribution >= 4 is 36.0 Å². The molecular formula is C18H34IN7O2. The summed E-state index contributed by atoms with van der Waals surface area (Å²) in [6.07, 6.45) is 6.03. The molecule has 1 aromatic rings. The number of ether oxygens (including phenoxy) is 1. The van der Waals surface area contributed by atoms with Crippen LogP contribution in [0.3, 0.4) is 0 Å². The van der Waals surface area contributed by atoms with Gasteiger partial charge in [-0.1, -0.05) is 0 Å². The molecule has 0 saturated carbocycles. The lowest BCUT2D eigenvalue weighted by molar-refractivity contribution is 0.0507. The van der Waals surface area contributed by atoms with Crippen LogP contribution in [-0.4, -0.2) is 69.5 Å². The van der Waals surface area contributed by atoms with Crippen LogP contribution in [0.25, 0.3) is 0 Å². The van der Waals surface area contributed by atoms with E-state index in [1.165, 1.54) is 0 Å². The number of carbonyl (C=O) groups excluding carboxylic acids is 1. The van der Waals surface area contributed by atoms with Crippen LogP contribution in [0.4, 0.5) is 4.79 Å². The average molecular weight is 507 g/mol. The van der Waals surface area contributed by atoms with Gasteiger partial charge in [-0.2, -0.15) is 0 Å². The van der Waals surface area contributed by atoms with E-state index in [1.807, 2.05) is 25.3 Å². The largest absolute Gasteiger partial charge is 0.444 e. The second-order valence-electron chi connectivity index (χ2n) is 7.72. The quantitative estimate of drug-likeness (QED) is 0.255. The highest BCUT2D eigenvalue weighted by Gasteiger charge is 2.27. The lowest BCUT2D eigenvalue weighted by Crippen LogP contribution is -2.44. The average Bonchev–Trinajstić information content (AvgIpc) is 3.23. The smallest absolute Gasteiger partial charge is 0.407 e. The van der Waals surface area contributed by atoms with E-state index in [1.54, 1.807) is 12.7 Å². The van der Waals surface area contributed by atoms with Crippen molar-refractivity contribution in [2.75, 3.05) is 26.2 Å². The molecule has 2 heterocycles. The molecule has 0 aliphatic carbocycles. The fourth-order valence-electron chi connectivity index (χ4n) is 2.90. The Morgan fingerprint density at radius 3 is 2.64 bits per heavy atom. The van der Waals surface area contributed by atoms with Gasteiger partial charge < -0.3 is 24.8 Å². The second kappa shape index (κ2) is 12.1. The first-order valence-electron chi connectivity index (χ1n) is 9.72. The number of hydrogen-bond donors (Lipinski definition) is 2. The number of nitrogens with one attached hydrogen (secondary N) is 2. The van der Waals surface area contributed by atoms with Gasteiger partial charge in [0.25, 0.3) is 0 Å². The van der Waals surface area contributed by atoms with Crippen molar-refractivity contribution in [3.8, 4) is 0 Å². The zero-order valence-corrected chi connectivity index (χ0v) is 19.7. The summed E-state index contributed by atoms with van der Waals surface area (Å²) in [6, 6.07) is 0.0810. The lowest BCUT2D eigenvalue weighted by atomic mass is 10.2. The van der Waals surface area contributed by atoms with Gasteiger partial charge in [-0.15, -0.1) is 34.2 Å². The number of halogens is 1. The highest BCUT2D eigenvalue weighted by atomic mass is 127. The van der Waals surface area contributed by atoms with Crippen molar-refractivity contribution in [3.63, 3.8) is 0 Å². The third kappa shape index (κ3) is 9.07. The van der Waals surface area contributed by atoms with Crippen molar-refractivity contribution in [1.82, 2.24) is 30.3 Å². The molecule has 0 aromatic carbocycles. The van der Waals surface area contributed by atoms with Crippen LogP contribution in [-0.2, 0) is 11.3 Å². The van der Waals surface area contributed by atoms with Gasteiger partial charge >= 0.3 is 6.09 Å². The maximum atomic E-state index is 11.9. The number of rotatable bonds is 7. The minimum absolute atomic E-state index is 0. The van der Waals surface area contributed by atoms with E-state index < -0.39 is 5.60 Å². The monoisotopic (exact) mass is 507 g/mol. The van der Waals surface area contributed by atoms with Gasteiger partial charge in [-0.3, -0.25) is 4.99 Å². The van der Waals surface area contributed by atoms with Crippen molar-refractivity contribution in [3.05, 3.63) is 12.7 Å². The van der Waals surface area contributed by atoms with E-state index in [4.69, 9.17) is 9.73 Å². The number of unbranched alkanes of at least 4 members (excludes halogenated alkanes) is 1. The summed E-state index contributed by atoms with van der Waals surface area (Å²) < 4.78 is 7.31. The van der Waals surface area contributed by atoms with Crippen LogP contribution in [0.1, 0.15) is 47.0 Å². The number of aliphatic imine (C=N–C) groups is 1. The van der Waals surface area contributed by atoms with E-state index in [2.05, 4.69) is 32.7 Å². The third-order valence-corrected chi connectivity index (χ3v) is 4.10. The highest BCUT2D eigenvalue weighted by Crippen LogP contribution is 2.12. The number of amides is 1. The molecule has 1 amide bonds. The summed E-state index contributed by atoms with van der Waals surface area (Å²) >= 11 is 0. The predicted molar refractivity (Wildman–Crippen MR) is 120 cm³/mol. The van der Waals surface area contributed by atoms with Gasteiger partial charge in [0.2, 0.25) is 0 Å². The molecule has 2 N–H and O–H groups in total. The molecule has 0 spiro atoms. The number of aryl methyl sites for hydroxylation is 1. The van der Waals surface area contributed by atoms with Crippen LogP contribution < -0.4 is 10.6 Å². The van der Waals surface area contributed by atoms with Gasteiger partial charge in [-0.05, 0) is 47.0 Å². The first-order chi connectivity index (χ1) is 12.9. The van der Waals surface area contributed by atoms with Crippen molar-refractivity contribution in [2.45, 2.75) is 65.1 Å². The Bertz CT molecular complexity index is 602. The Kier molecular flexibility index (Phi) is 10.5. The Balaban J connectivity index is 0.00000392. The Morgan fingerprint density at radius 1 is 1.29 bits per heavy atom. The van der Waals surface area contributed by atoms with E-state index in [0.29, 0.717) is 0 Å². The third-order valence-electron chi connectivity index (χ3n) is 4.10. The number of likely N-dealkylation sites (tertiary alicyclic amines) is 1.